The number of hydrazine groups is 1. The van der Waals surface area contributed by atoms with Gasteiger partial charge in [-0.15, -0.1) is 0 Å². The molecule has 0 unspecified atom stereocenters. The van der Waals surface area contributed by atoms with E-state index in [4.69, 9.17) is 17.2 Å². The zero-order valence-corrected chi connectivity index (χ0v) is 12.7. The van der Waals surface area contributed by atoms with Crippen molar-refractivity contribution < 1.29 is 0 Å². The Balaban J connectivity index is 3.18. The van der Waals surface area contributed by atoms with Crippen LogP contribution in [-0.2, 0) is 0 Å². The van der Waals surface area contributed by atoms with E-state index < -0.39 is 0 Å². The summed E-state index contributed by atoms with van der Waals surface area (Å²) in [4.78, 5) is 0. The predicted octanol–water partition coefficient (Wildman–Crippen LogP) is -3.56. The van der Waals surface area contributed by atoms with Crippen LogP contribution in [0.3, 0.4) is 0 Å². The van der Waals surface area contributed by atoms with Crippen LogP contribution in [0.4, 0.5) is 0 Å². The highest BCUT2D eigenvalue weighted by molar-refractivity contribution is 4.58. The number of nitrogens with one attached hydrogen (secondary N) is 4. The molecule has 0 bridgehead atoms. The summed E-state index contributed by atoms with van der Waals surface area (Å²) < 4.78 is 0. The van der Waals surface area contributed by atoms with Gasteiger partial charge in [0, 0.05) is 78.5 Å². The molecule has 0 radical (unpaired) electrons. The summed E-state index contributed by atoms with van der Waals surface area (Å²) in [7, 11) is 0. The van der Waals surface area contributed by atoms with Gasteiger partial charge < -0.3 is 33.2 Å². The zero-order valence-electron chi connectivity index (χ0n) is 12.7. The predicted molar refractivity (Wildman–Crippen MR) is 85.3 cm³/mol. The van der Waals surface area contributed by atoms with Crippen molar-refractivity contribution in [1.82, 2.24) is 26.4 Å². The molecule has 0 aliphatic heterocycles. The lowest BCUT2D eigenvalue weighted by Crippen LogP contribution is -2.46. The fourth-order valence-electron chi connectivity index (χ4n) is 1.71. The second kappa shape index (κ2) is 16.7. The van der Waals surface area contributed by atoms with Gasteiger partial charge in [0.2, 0.25) is 0 Å². The van der Waals surface area contributed by atoms with E-state index in [-0.39, 0.29) is 0 Å². The third-order valence-corrected chi connectivity index (χ3v) is 2.71. The van der Waals surface area contributed by atoms with Crippen LogP contribution in [0.2, 0.25) is 0 Å². The Hall–Kier alpha value is -0.320. The molecule has 0 spiro atoms. The molecule has 0 aromatic rings. The van der Waals surface area contributed by atoms with E-state index in [2.05, 4.69) is 26.4 Å². The van der Waals surface area contributed by atoms with E-state index in [1.807, 2.05) is 0 Å². The minimum absolute atomic E-state index is 0.641. The van der Waals surface area contributed by atoms with Crippen molar-refractivity contribution >= 4 is 0 Å². The fourth-order valence-corrected chi connectivity index (χ4v) is 1.71. The highest BCUT2D eigenvalue weighted by Crippen LogP contribution is 1.77. The van der Waals surface area contributed by atoms with Gasteiger partial charge in [-0.05, 0) is 0 Å². The van der Waals surface area contributed by atoms with E-state index in [1.165, 1.54) is 0 Å². The molecule has 0 aromatic heterocycles. The van der Waals surface area contributed by atoms with Gasteiger partial charge in [-0.2, -0.15) is 0 Å². The summed E-state index contributed by atoms with van der Waals surface area (Å²) in [5, 5.41) is 12.0. The van der Waals surface area contributed by atoms with Crippen LogP contribution in [-0.4, -0.2) is 83.5 Å². The van der Waals surface area contributed by atoms with Gasteiger partial charge in [-0.3, -0.25) is 5.43 Å². The molecule has 0 fully saturated rings. The molecular formula is C12H34N8. The molecule has 0 atom stereocenters. The Kier molecular flexibility index (Phi) is 16.5. The van der Waals surface area contributed by atoms with Crippen molar-refractivity contribution in [2.24, 2.45) is 17.2 Å². The highest BCUT2D eigenvalue weighted by Gasteiger charge is 2.00. The van der Waals surface area contributed by atoms with Crippen LogP contribution < -0.4 is 38.6 Å². The molecule has 0 heterocycles. The lowest BCUT2D eigenvalue weighted by atomic mass is 10.5. The second-order valence-electron chi connectivity index (χ2n) is 4.51. The van der Waals surface area contributed by atoms with Crippen LogP contribution in [0.5, 0.6) is 0 Å². The Morgan fingerprint density at radius 2 is 1.00 bits per heavy atom. The fraction of sp³-hybridized carbons (Fsp3) is 1.00. The van der Waals surface area contributed by atoms with Crippen molar-refractivity contribution in [3.05, 3.63) is 0 Å². The van der Waals surface area contributed by atoms with Crippen molar-refractivity contribution in [2.45, 2.75) is 0 Å². The van der Waals surface area contributed by atoms with E-state index in [0.717, 1.165) is 58.9 Å². The Morgan fingerprint density at radius 1 is 0.550 bits per heavy atom. The van der Waals surface area contributed by atoms with Crippen LogP contribution in [0.1, 0.15) is 0 Å². The highest BCUT2D eigenvalue weighted by atomic mass is 15.5. The van der Waals surface area contributed by atoms with Gasteiger partial charge in [0.25, 0.3) is 0 Å². The normalized spacial score (nSPS) is 11.4. The zero-order chi connectivity index (χ0) is 14.9. The van der Waals surface area contributed by atoms with Crippen LogP contribution in [0.25, 0.3) is 0 Å². The molecular weight excluding hydrogens is 256 g/mol. The monoisotopic (exact) mass is 290 g/mol. The van der Waals surface area contributed by atoms with Crippen molar-refractivity contribution in [2.75, 3.05) is 78.5 Å². The largest absolute Gasteiger partial charge is 0.329 e. The van der Waals surface area contributed by atoms with Crippen LogP contribution >= 0.6 is 0 Å². The Labute approximate surface area is 123 Å². The first-order valence-electron chi connectivity index (χ1n) is 7.56. The average molecular weight is 290 g/mol. The number of hydrogen-bond donors (Lipinski definition) is 7. The van der Waals surface area contributed by atoms with Crippen LogP contribution in [0, 0.1) is 0 Å². The van der Waals surface area contributed by atoms with E-state index in [1.54, 1.807) is 0 Å². The maximum absolute atomic E-state index is 5.53. The van der Waals surface area contributed by atoms with E-state index in [0.29, 0.717) is 19.6 Å². The lowest BCUT2D eigenvalue weighted by molar-refractivity contribution is 0.199. The van der Waals surface area contributed by atoms with E-state index in [9.17, 15) is 0 Å². The van der Waals surface area contributed by atoms with E-state index >= 15 is 0 Å². The quantitative estimate of drug-likeness (QED) is 0.115. The minimum Gasteiger partial charge on any atom is -0.329 e. The lowest BCUT2D eigenvalue weighted by Gasteiger charge is -2.22. The topological polar surface area (TPSA) is 129 Å². The standard InChI is InChI=1S/C12H34N8/c13-1-4-16-5-6-17-7-8-18-9-10-19-20(11-2-14)12-3-15/h16-19H,1-15H2. The van der Waals surface area contributed by atoms with Crippen molar-refractivity contribution in [1.29, 1.82) is 0 Å². The maximum atomic E-state index is 5.53. The molecule has 0 aromatic carbocycles. The summed E-state index contributed by atoms with van der Waals surface area (Å²) in [5.41, 5.74) is 19.8. The molecule has 122 valence electrons. The van der Waals surface area contributed by atoms with Gasteiger partial charge in [0.15, 0.2) is 0 Å². The number of hydrogen-bond acceptors (Lipinski definition) is 8. The van der Waals surface area contributed by atoms with Gasteiger partial charge >= 0.3 is 0 Å². The molecule has 0 rings (SSSR count). The smallest absolute Gasteiger partial charge is 0.0254 e. The average Bonchev–Trinajstić information content (AvgIpc) is 2.45. The van der Waals surface area contributed by atoms with Gasteiger partial charge in [0.1, 0.15) is 0 Å². The third kappa shape index (κ3) is 14.1. The summed E-state index contributed by atoms with van der Waals surface area (Å²) in [6, 6.07) is 0. The molecule has 0 saturated heterocycles. The molecule has 8 heteroatoms. The van der Waals surface area contributed by atoms with Crippen molar-refractivity contribution in [3.63, 3.8) is 0 Å². The molecule has 20 heavy (non-hydrogen) atoms. The summed E-state index contributed by atoms with van der Waals surface area (Å²) in [6.07, 6.45) is 0. The molecule has 0 aliphatic rings. The molecule has 8 nitrogen and oxygen atoms in total. The Bertz CT molecular complexity index is 175. The van der Waals surface area contributed by atoms with Gasteiger partial charge in [-0.25, -0.2) is 5.01 Å². The minimum atomic E-state index is 0.641. The third-order valence-electron chi connectivity index (χ3n) is 2.71. The first-order valence-corrected chi connectivity index (χ1v) is 7.56. The molecule has 0 amide bonds. The number of nitrogens with zero attached hydrogens (tertiary/aromatic N) is 1. The molecule has 0 aliphatic carbocycles. The SMILES string of the molecule is NCCNCCNCCNCCNN(CCN)CCN. The maximum Gasteiger partial charge on any atom is 0.0254 e. The summed E-state index contributed by atoms with van der Waals surface area (Å²) >= 11 is 0. The summed E-state index contributed by atoms with van der Waals surface area (Å²) in [5.74, 6) is 0. The van der Waals surface area contributed by atoms with Crippen LogP contribution in [0.15, 0.2) is 0 Å². The molecule has 10 N–H and O–H groups in total. The first-order chi connectivity index (χ1) is 9.85. The van der Waals surface area contributed by atoms with Crippen molar-refractivity contribution in [3.8, 4) is 0 Å². The second-order valence-corrected chi connectivity index (χ2v) is 4.51. The van der Waals surface area contributed by atoms with Gasteiger partial charge in [-0.1, -0.05) is 0 Å². The molecule has 0 saturated carbocycles. The number of nitrogens with two attached hydrogens (primary N) is 3. The Morgan fingerprint density at radius 3 is 1.45 bits per heavy atom. The van der Waals surface area contributed by atoms with Gasteiger partial charge in [0.05, 0.1) is 0 Å². The first kappa shape index (κ1) is 19.7. The number of rotatable bonds is 16. The summed E-state index contributed by atoms with van der Waals surface area (Å²) in [6.45, 7) is 10.2.